The van der Waals surface area contributed by atoms with Gasteiger partial charge in [-0.15, -0.1) is 0 Å². The minimum absolute atomic E-state index is 0.251. The number of aromatic nitrogens is 1. The summed E-state index contributed by atoms with van der Waals surface area (Å²) in [6.45, 7) is 0. The summed E-state index contributed by atoms with van der Waals surface area (Å²) in [6, 6.07) is 8.81. The average molecular weight is 231 g/mol. The average Bonchev–Trinajstić information content (AvgIpc) is 2.28. The molecule has 0 atom stereocenters. The Kier molecular flexibility index (Phi) is 3.00. The van der Waals surface area contributed by atoms with Gasteiger partial charge in [-0.05, 0) is 30.3 Å². The number of nitrogens with one attached hydrogen (secondary N) is 1. The first-order valence-electron chi connectivity index (χ1n) is 4.93. The third kappa shape index (κ3) is 2.78. The normalized spacial score (nSPS) is 9.94. The van der Waals surface area contributed by atoms with E-state index in [2.05, 4.69) is 10.3 Å². The molecular formula is C12H10FN3O. The lowest BCUT2D eigenvalue weighted by Crippen LogP contribution is -2.13. The molecule has 2 aromatic rings. The molecule has 17 heavy (non-hydrogen) atoms. The van der Waals surface area contributed by atoms with E-state index in [-0.39, 0.29) is 11.4 Å². The number of benzene rings is 1. The smallest absolute Gasteiger partial charge is 0.274 e. The largest absolute Gasteiger partial charge is 0.399 e. The molecule has 0 saturated heterocycles. The minimum atomic E-state index is -0.499. The number of carbonyl (C=O) groups is 1. The number of nitrogens with zero attached hydrogens (tertiary/aromatic N) is 1. The monoisotopic (exact) mass is 231 g/mol. The van der Waals surface area contributed by atoms with Gasteiger partial charge in [0.2, 0.25) is 0 Å². The maximum Gasteiger partial charge on any atom is 0.274 e. The summed E-state index contributed by atoms with van der Waals surface area (Å²) in [6.07, 6.45) is 1.51. The molecule has 0 bridgehead atoms. The van der Waals surface area contributed by atoms with Gasteiger partial charge in [-0.3, -0.25) is 9.78 Å². The fourth-order valence-corrected chi connectivity index (χ4v) is 1.38. The summed E-state index contributed by atoms with van der Waals surface area (Å²) in [4.78, 5) is 15.6. The first kappa shape index (κ1) is 11.1. The van der Waals surface area contributed by atoms with Gasteiger partial charge in [0.15, 0.2) is 0 Å². The van der Waals surface area contributed by atoms with Crippen molar-refractivity contribution in [3.05, 3.63) is 54.1 Å². The molecule has 1 aromatic carbocycles. The highest BCUT2D eigenvalue weighted by Gasteiger charge is 2.07. The van der Waals surface area contributed by atoms with Crippen LogP contribution in [0.25, 0.3) is 0 Å². The number of amides is 1. The van der Waals surface area contributed by atoms with E-state index in [1.807, 2.05) is 0 Å². The van der Waals surface area contributed by atoms with Crippen LogP contribution < -0.4 is 11.1 Å². The second kappa shape index (κ2) is 4.61. The van der Waals surface area contributed by atoms with Crippen LogP contribution in [-0.4, -0.2) is 10.9 Å². The van der Waals surface area contributed by atoms with Gasteiger partial charge in [0.05, 0.1) is 0 Å². The van der Waals surface area contributed by atoms with Crippen LogP contribution in [0, 0.1) is 5.82 Å². The van der Waals surface area contributed by atoms with Gasteiger partial charge in [0.25, 0.3) is 5.91 Å². The topological polar surface area (TPSA) is 68.0 Å². The van der Waals surface area contributed by atoms with Crippen LogP contribution in [0.4, 0.5) is 15.8 Å². The lowest BCUT2D eigenvalue weighted by Gasteiger charge is -2.05. The lowest BCUT2D eigenvalue weighted by molar-refractivity contribution is 0.102. The molecule has 1 amide bonds. The van der Waals surface area contributed by atoms with E-state index in [0.29, 0.717) is 5.69 Å². The Labute approximate surface area is 97.3 Å². The van der Waals surface area contributed by atoms with E-state index in [1.165, 1.54) is 24.4 Å². The lowest BCUT2D eigenvalue weighted by atomic mass is 10.2. The number of hydrogen-bond acceptors (Lipinski definition) is 3. The fraction of sp³-hybridized carbons (Fsp3) is 0. The third-order valence-corrected chi connectivity index (χ3v) is 2.08. The van der Waals surface area contributed by atoms with Crippen LogP contribution in [0.15, 0.2) is 42.6 Å². The standard InChI is InChI=1S/C12H10FN3O/c13-8-5-9(14)7-10(6-8)16-12(17)11-3-1-2-4-15-11/h1-7H,14H2,(H,16,17). The van der Waals surface area contributed by atoms with Gasteiger partial charge in [-0.1, -0.05) is 6.07 Å². The summed E-state index contributed by atoms with van der Waals surface area (Å²) >= 11 is 0. The van der Waals surface area contributed by atoms with Crippen molar-refractivity contribution < 1.29 is 9.18 Å². The Hall–Kier alpha value is -2.43. The number of carbonyl (C=O) groups excluding carboxylic acids is 1. The quantitative estimate of drug-likeness (QED) is 0.777. The highest BCUT2D eigenvalue weighted by Crippen LogP contribution is 2.15. The predicted molar refractivity (Wildman–Crippen MR) is 63.0 cm³/mol. The van der Waals surface area contributed by atoms with Crippen molar-refractivity contribution in [1.82, 2.24) is 4.98 Å². The maximum absolute atomic E-state index is 13.0. The Bertz CT molecular complexity index is 522. The molecule has 3 N–H and O–H groups in total. The van der Waals surface area contributed by atoms with E-state index in [1.54, 1.807) is 18.2 Å². The zero-order chi connectivity index (χ0) is 12.3. The molecule has 0 radical (unpaired) electrons. The van der Waals surface area contributed by atoms with Crippen LogP contribution in [0.5, 0.6) is 0 Å². The van der Waals surface area contributed by atoms with Crippen molar-refractivity contribution >= 4 is 17.3 Å². The van der Waals surface area contributed by atoms with Crippen LogP contribution in [0.3, 0.4) is 0 Å². The van der Waals surface area contributed by atoms with Crippen molar-refractivity contribution in [3.63, 3.8) is 0 Å². The zero-order valence-electron chi connectivity index (χ0n) is 8.85. The van der Waals surface area contributed by atoms with Gasteiger partial charge in [0.1, 0.15) is 11.5 Å². The van der Waals surface area contributed by atoms with Gasteiger partial charge < -0.3 is 11.1 Å². The number of halogens is 1. The van der Waals surface area contributed by atoms with Crippen molar-refractivity contribution in [2.75, 3.05) is 11.1 Å². The van der Waals surface area contributed by atoms with Gasteiger partial charge in [-0.2, -0.15) is 0 Å². The van der Waals surface area contributed by atoms with Crippen molar-refractivity contribution in [2.45, 2.75) is 0 Å². The molecule has 1 heterocycles. The second-order valence-electron chi connectivity index (χ2n) is 3.44. The van der Waals surface area contributed by atoms with Gasteiger partial charge in [-0.25, -0.2) is 4.39 Å². The van der Waals surface area contributed by atoms with E-state index >= 15 is 0 Å². The Balaban J connectivity index is 2.19. The molecule has 0 aliphatic rings. The SMILES string of the molecule is Nc1cc(F)cc(NC(=O)c2ccccn2)c1. The summed E-state index contributed by atoms with van der Waals surface area (Å²) in [5.74, 6) is -0.906. The number of pyridine rings is 1. The van der Waals surface area contributed by atoms with E-state index in [0.717, 1.165) is 0 Å². The zero-order valence-corrected chi connectivity index (χ0v) is 8.85. The fourth-order valence-electron chi connectivity index (χ4n) is 1.38. The number of nitrogens with two attached hydrogens (primary N) is 1. The second-order valence-corrected chi connectivity index (χ2v) is 3.44. The molecule has 0 spiro atoms. The summed E-state index contributed by atoms with van der Waals surface area (Å²) in [7, 11) is 0. The number of nitrogen functional groups attached to an aromatic ring is 1. The number of rotatable bonds is 2. The molecule has 2 rings (SSSR count). The highest BCUT2D eigenvalue weighted by atomic mass is 19.1. The van der Waals surface area contributed by atoms with Crippen molar-refractivity contribution in [3.8, 4) is 0 Å². The Morgan fingerprint density at radius 1 is 1.29 bits per heavy atom. The van der Waals surface area contributed by atoms with Crippen LogP contribution in [0.1, 0.15) is 10.5 Å². The molecule has 0 saturated carbocycles. The molecule has 86 valence electrons. The molecule has 0 aliphatic carbocycles. The van der Waals surface area contributed by atoms with Crippen LogP contribution in [-0.2, 0) is 0 Å². The first-order chi connectivity index (χ1) is 8.15. The molecule has 5 heteroatoms. The molecule has 0 unspecified atom stereocenters. The Morgan fingerprint density at radius 2 is 2.12 bits per heavy atom. The minimum Gasteiger partial charge on any atom is -0.399 e. The summed E-state index contributed by atoms with van der Waals surface area (Å²) in [5, 5.41) is 2.52. The molecular weight excluding hydrogens is 221 g/mol. The predicted octanol–water partition coefficient (Wildman–Crippen LogP) is 2.06. The molecule has 0 fully saturated rings. The third-order valence-electron chi connectivity index (χ3n) is 2.08. The molecule has 4 nitrogen and oxygen atoms in total. The first-order valence-corrected chi connectivity index (χ1v) is 4.93. The maximum atomic E-state index is 13.0. The summed E-state index contributed by atoms with van der Waals surface area (Å²) < 4.78 is 13.0. The van der Waals surface area contributed by atoms with Gasteiger partial charge >= 0.3 is 0 Å². The summed E-state index contributed by atoms with van der Waals surface area (Å²) in [5.41, 5.74) is 6.28. The van der Waals surface area contributed by atoms with E-state index in [4.69, 9.17) is 5.73 Å². The molecule has 1 aromatic heterocycles. The van der Waals surface area contributed by atoms with E-state index in [9.17, 15) is 9.18 Å². The van der Waals surface area contributed by atoms with Crippen LogP contribution >= 0.6 is 0 Å². The molecule has 0 aliphatic heterocycles. The number of anilines is 2. The highest BCUT2D eigenvalue weighted by molar-refractivity contribution is 6.02. The number of hydrogen-bond donors (Lipinski definition) is 2. The Morgan fingerprint density at radius 3 is 2.76 bits per heavy atom. The van der Waals surface area contributed by atoms with Crippen LogP contribution in [0.2, 0.25) is 0 Å². The van der Waals surface area contributed by atoms with Crippen molar-refractivity contribution in [1.29, 1.82) is 0 Å². The van der Waals surface area contributed by atoms with E-state index < -0.39 is 11.7 Å². The van der Waals surface area contributed by atoms with Crippen molar-refractivity contribution in [2.24, 2.45) is 0 Å². The van der Waals surface area contributed by atoms with Gasteiger partial charge in [0, 0.05) is 17.6 Å².